The maximum Gasteiger partial charge on any atom is 0.344 e. The second-order valence-electron chi connectivity index (χ2n) is 6.98. The first-order chi connectivity index (χ1) is 15.2. The van der Waals surface area contributed by atoms with Crippen molar-refractivity contribution in [1.82, 2.24) is 5.32 Å². The van der Waals surface area contributed by atoms with Gasteiger partial charge < -0.3 is 14.6 Å². The Balaban J connectivity index is 1.98. The van der Waals surface area contributed by atoms with Crippen molar-refractivity contribution in [3.63, 3.8) is 0 Å². The van der Waals surface area contributed by atoms with E-state index in [-0.39, 0.29) is 23.7 Å². The maximum atomic E-state index is 13.1. The van der Waals surface area contributed by atoms with Crippen LogP contribution in [-0.2, 0) is 14.4 Å². The average molecular weight is 438 g/mol. The van der Waals surface area contributed by atoms with E-state index in [9.17, 15) is 19.2 Å². The van der Waals surface area contributed by atoms with Gasteiger partial charge in [0.25, 0.3) is 11.8 Å². The molecule has 0 radical (unpaired) electrons. The Kier molecular flexibility index (Phi) is 6.58. The molecular formula is C23H22N2O7. The predicted octanol–water partition coefficient (Wildman–Crippen LogP) is 2.91. The van der Waals surface area contributed by atoms with Gasteiger partial charge in [-0.15, -0.1) is 0 Å². The van der Waals surface area contributed by atoms with Crippen LogP contribution in [0.3, 0.4) is 0 Å². The van der Waals surface area contributed by atoms with Crippen molar-refractivity contribution in [3.8, 4) is 11.5 Å². The van der Waals surface area contributed by atoms with Gasteiger partial charge >= 0.3 is 12.0 Å². The first-order valence-electron chi connectivity index (χ1n) is 9.86. The van der Waals surface area contributed by atoms with E-state index in [4.69, 9.17) is 14.6 Å². The summed E-state index contributed by atoms with van der Waals surface area (Å²) in [6, 6.07) is 10.6. The van der Waals surface area contributed by atoms with Crippen LogP contribution in [0, 0.1) is 6.92 Å². The fraction of sp³-hybridized carbons (Fsp3) is 0.217. The molecule has 1 saturated heterocycles. The molecule has 1 atom stereocenters. The monoisotopic (exact) mass is 438 g/mol. The van der Waals surface area contributed by atoms with Gasteiger partial charge in [0.2, 0.25) is 0 Å². The number of hydrogen-bond donors (Lipinski definition) is 2. The second-order valence-corrected chi connectivity index (χ2v) is 6.98. The molecule has 0 bridgehead atoms. The number of nitrogens with zero attached hydrogens (tertiary/aromatic N) is 1. The smallest absolute Gasteiger partial charge is 0.344 e. The number of rotatable bonds is 7. The lowest BCUT2D eigenvalue weighted by Crippen LogP contribution is -2.54. The molecule has 0 aliphatic carbocycles. The van der Waals surface area contributed by atoms with Gasteiger partial charge in [0.15, 0.2) is 17.6 Å². The van der Waals surface area contributed by atoms with E-state index in [1.807, 2.05) is 0 Å². The lowest BCUT2D eigenvalue weighted by atomic mass is 10.1. The number of imide groups is 2. The maximum absolute atomic E-state index is 13.1. The number of aliphatic carboxylic acids is 1. The number of aryl methyl sites for hydroxylation is 1. The van der Waals surface area contributed by atoms with Crippen LogP contribution in [0.25, 0.3) is 6.08 Å². The summed E-state index contributed by atoms with van der Waals surface area (Å²) in [4.78, 5) is 49.8. The summed E-state index contributed by atoms with van der Waals surface area (Å²) in [7, 11) is 0. The van der Waals surface area contributed by atoms with E-state index >= 15 is 0 Å². The number of amides is 4. The van der Waals surface area contributed by atoms with Gasteiger partial charge in [-0.05, 0) is 56.2 Å². The molecule has 0 saturated carbocycles. The number of benzene rings is 2. The molecular weight excluding hydrogens is 416 g/mol. The van der Waals surface area contributed by atoms with Crippen LogP contribution in [0.2, 0.25) is 0 Å². The number of anilines is 1. The standard InChI is InChI=1S/C23H22N2O7/c1-4-31-19-12-15(9-10-18(19)32-14(3)22(28)29)11-16-20(26)24-23(30)25(21(16)27)17-8-6-5-7-13(17)2/h5-12,14H,4H2,1-3H3,(H,28,29)(H,24,26,30)/b16-11+/t14-/m1/s1. The number of barbiturate groups is 1. The molecule has 1 aliphatic heterocycles. The second kappa shape index (κ2) is 9.34. The van der Waals surface area contributed by atoms with Crippen LogP contribution >= 0.6 is 0 Å². The zero-order valence-electron chi connectivity index (χ0n) is 17.7. The van der Waals surface area contributed by atoms with Crippen molar-refractivity contribution < 1.29 is 33.8 Å². The zero-order chi connectivity index (χ0) is 23.4. The van der Waals surface area contributed by atoms with E-state index in [1.54, 1.807) is 44.2 Å². The number of carboxylic acids is 1. The highest BCUT2D eigenvalue weighted by molar-refractivity contribution is 6.39. The molecule has 4 amide bonds. The summed E-state index contributed by atoms with van der Waals surface area (Å²) in [5.41, 5.74) is 1.26. The fourth-order valence-electron chi connectivity index (χ4n) is 3.08. The van der Waals surface area contributed by atoms with Crippen LogP contribution in [0.1, 0.15) is 25.0 Å². The van der Waals surface area contributed by atoms with Gasteiger partial charge in [-0.1, -0.05) is 24.3 Å². The molecule has 166 valence electrons. The van der Waals surface area contributed by atoms with Gasteiger partial charge in [0.05, 0.1) is 12.3 Å². The van der Waals surface area contributed by atoms with Crippen molar-refractivity contribution >= 4 is 35.6 Å². The minimum absolute atomic E-state index is 0.208. The van der Waals surface area contributed by atoms with E-state index in [2.05, 4.69) is 5.32 Å². The Bertz CT molecular complexity index is 1120. The van der Waals surface area contributed by atoms with Crippen molar-refractivity contribution in [3.05, 3.63) is 59.2 Å². The molecule has 9 nitrogen and oxygen atoms in total. The third-order valence-electron chi connectivity index (χ3n) is 4.69. The quantitative estimate of drug-likeness (QED) is 0.503. The molecule has 0 unspecified atom stereocenters. The summed E-state index contributed by atoms with van der Waals surface area (Å²) >= 11 is 0. The Labute approximate surface area is 184 Å². The van der Waals surface area contributed by atoms with E-state index in [0.717, 1.165) is 4.90 Å². The largest absolute Gasteiger partial charge is 0.490 e. The van der Waals surface area contributed by atoms with Crippen molar-refractivity contribution in [2.24, 2.45) is 0 Å². The lowest BCUT2D eigenvalue weighted by molar-refractivity contribution is -0.144. The van der Waals surface area contributed by atoms with E-state index in [1.165, 1.54) is 25.1 Å². The van der Waals surface area contributed by atoms with Crippen LogP contribution in [0.4, 0.5) is 10.5 Å². The molecule has 9 heteroatoms. The molecule has 2 aromatic rings. The van der Waals surface area contributed by atoms with Gasteiger partial charge in [-0.3, -0.25) is 14.9 Å². The zero-order valence-corrected chi connectivity index (χ0v) is 17.7. The first-order valence-corrected chi connectivity index (χ1v) is 9.86. The Morgan fingerprint density at radius 2 is 1.88 bits per heavy atom. The highest BCUT2D eigenvalue weighted by Gasteiger charge is 2.37. The SMILES string of the molecule is CCOc1cc(/C=C2\C(=O)NC(=O)N(c3ccccc3C)C2=O)ccc1O[C@H](C)C(=O)O. The van der Waals surface area contributed by atoms with Crippen molar-refractivity contribution in [2.45, 2.75) is 26.9 Å². The Morgan fingerprint density at radius 1 is 1.16 bits per heavy atom. The Morgan fingerprint density at radius 3 is 2.53 bits per heavy atom. The molecule has 0 aromatic heterocycles. The van der Waals surface area contributed by atoms with Gasteiger partial charge in [-0.25, -0.2) is 14.5 Å². The normalized spacial score (nSPS) is 16.0. The highest BCUT2D eigenvalue weighted by Crippen LogP contribution is 2.31. The summed E-state index contributed by atoms with van der Waals surface area (Å²) in [5, 5.41) is 11.2. The molecule has 1 aliphatic rings. The molecule has 0 spiro atoms. The molecule has 32 heavy (non-hydrogen) atoms. The first kappa shape index (κ1) is 22.5. The van der Waals surface area contributed by atoms with E-state index < -0.39 is 29.9 Å². The minimum atomic E-state index is -1.14. The Hall–Kier alpha value is -4.14. The van der Waals surface area contributed by atoms with Gasteiger partial charge in [0.1, 0.15) is 5.57 Å². The molecule has 2 aromatic carbocycles. The summed E-state index contributed by atoms with van der Waals surface area (Å²) in [5.74, 6) is -2.25. The summed E-state index contributed by atoms with van der Waals surface area (Å²) in [6.45, 7) is 5.17. The van der Waals surface area contributed by atoms with Crippen LogP contribution < -0.4 is 19.7 Å². The van der Waals surface area contributed by atoms with Crippen LogP contribution in [-0.4, -0.2) is 41.6 Å². The molecule has 1 fully saturated rings. The summed E-state index contributed by atoms with van der Waals surface area (Å²) in [6.07, 6.45) is 0.236. The number of ether oxygens (including phenoxy) is 2. The number of carboxylic acid groups (broad SMARTS) is 1. The van der Waals surface area contributed by atoms with Crippen molar-refractivity contribution in [2.75, 3.05) is 11.5 Å². The fourth-order valence-corrected chi connectivity index (χ4v) is 3.08. The molecule has 1 heterocycles. The van der Waals surface area contributed by atoms with Crippen LogP contribution in [0.5, 0.6) is 11.5 Å². The number of nitrogens with one attached hydrogen (secondary N) is 1. The number of para-hydroxylation sites is 1. The number of urea groups is 1. The van der Waals surface area contributed by atoms with Gasteiger partial charge in [-0.2, -0.15) is 0 Å². The van der Waals surface area contributed by atoms with Crippen molar-refractivity contribution in [1.29, 1.82) is 0 Å². The number of hydrogen-bond acceptors (Lipinski definition) is 6. The minimum Gasteiger partial charge on any atom is -0.490 e. The third-order valence-corrected chi connectivity index (χ3v) is 4.69. The van der Waals surface area contributed by atoms with Gasteiger partial charge in [0, 0.05) is 0 Å². The number of carbonyl (C=O) groups is 4. The number of carbonyl (C=O) groups excluding carboxylic acids is 3. The third kappa shape index (κ3) is 4.61. The topological polar surface area (TPSA) is 122 Å². The van der Waals surface area contributed by atoms with E-state index in [0.29, 0.717) is 16.8 Å². The molecule has 2 N–H and O–H groups in total. The average Bonchev–Trinajstić information content (AvgIpc) is 2.74. The predicted molar refractivity (Wildman–Crippen MR) is 116 cm³/mol. The summed E-state index contributed by atoms with van der Waals surface area (Å²) < 4.78 is 10.9. The molecule has 3 rings (SSSR count). The lowest BCUT2D eigenvalue weighted by Gasteiger charge is -2.27. The van der Waals surface area contributed by atoms with Crippen LogP contribution in [0.15, 0.2) is 48.0 Å². The highest BCUT2D eigenvalue weighted by atomic mass is 16.5.